The monoisotopic (exact) mass is 398 g/mol. The molecule has 0 saturated heterocycles. The highest BCUT2D eigenvalue weighted by molar-refractivity contribution is 7.22. The van der Waals surface area contributed by atoms with Crippen LogP contribution in [0.15, 0.2) is 54.4 Å². The number of rotatable bonds is 7. The molecule has 4 rings (SSSR count). The van der Waals surface area contributed by atoms with Gasteiger partial charge in [-0.25, -0.2) is 9.97 Å². The zero-order valence-electron chi connectivity index (χ0n) is 14.7. The highest BCUT2D eigenvalue weighted by atomic mass is 32.1. The second kappa shape index (κ2) is 7.89. The van der Waals surface area contributed by atoms with Crippen molar-refractivity contribution in [2.45, 2.75) is 13.0 Å². The molecule has 0 fully saturated rings. The molecule has 0 bridgehead atoms. The lowest BCUT2D eigenvalue weighted by atomic mass is 10.3. The number of fused-ring (bicyclic) bond motifs is 1. The lowest BCUT2D eigenvalue weighted by molar-refractivity contribution is 0.0990. The molecule has 138 valence electrons. The molecular formula is C19H18N4O2S2. The Hall–Kier alpha value is -2.71. The van der Waals surface area contributed by atoms with E-state index in [1.165, 1.54) is 22.7 Å². The van der Waals surface area contributed by atoms with Crippen LogP contribution >= 0.6 is 22.7 Å². The van der Waals surface area contributed by atoms with E-state index in [1.807, 2.05) is 46.5 Å². The molecule has 1 amide bonds. The largest absolute Gasteiger partial charge is 0.494 e. The van der Waals surface area contributed by atoms with E-state index in [4.69, 9.17) is 9.72 Å². The fourth-order valence-electron chi connectivity index (χ4n) is 2.84. The van der Waals surface area contributed by atoms with Gasteiger partial charge in [-0.05, 0) is 30.0 Å². The van der Waals surface area contributed by atoms with Gasteiger partial charge in [-0.2, -0.15) is 0 Å². The van der Waals surface area contributed by atoms with Crippen LogP contribution in [0.1, 0.15) is 16.1 Å². The molecule has 0 atom stereocenters. The molecule has 8 heteroatoms. The van der Waals surface area contributed by atoms with Crippen LogP contribution < -0.4 is 9.64 Å². The predicted molar refractivity (Wildman–Crippen MR) is 109 cm³/mol. The van der Waals surface area contributed by atoms with Gasteiger partial charge in [0.05, 0.1) is 23.0 Å². The van der Waals surface area contributed by atoms with E-state index in [2.05, 4.69) is 4.98 Å². The van der Waals surface area contributed by atoms with Crippen molar-refractivity contribution in [1.29, 1.82) is 0 Å². The first kappa shape index (κ1) is 17.7. The van der Waals surface area contributed by atoms with Crippen molar-refractivity contribution in [1.82, 2.24) is 14.5 Å². The third-order valence-electron chi connectivity index (χ3n) is 4.16. The summed E-state index contributed by atoms with van der Waals surface area (Å²) < 4.78 is 8.43. The predicted octanol–water partition coefficient (Wildman–Crippen LogP) is 4.30. The first-order chi connectivity index (χ1) is 13.3. The van der Waals surface area contributed by atoms with Gasteiger partial charge in [0, 0.05) is 25.5 Å². The fourth-order valence-corrected chi connectivity index (χ4v) is 4.52. The molecule has 3 heterocycles. The minimum atomic E-state index is -0.0198. The van der Waals surface area contributed by atoms with E-state index in [-0.39, 0.29) is 5.91 Å². The van der Waals surface area contributed by atoms with Crippen LogP contribution in [-0.4, -0.2) is 34.1 Å². The fraction of sp³-hybridized carbons (Fsp3) is 0.211. The minimum absolute atomic E-state index is 0.0198. The highest BCUT2D eigenvalue weighted by Crippen LogP contribution is 2.35. The molecule has 0 radical (unpaired) electrons. The van der Waals surface area contributed by atoms with Gasteiger partial charge in [-0.1, -0.05) is 23.5 Å². The number of carbonyl (C=O) groups excluding carboxylic acids is 1. The molecule has 0 aliphatic rings. The number of para-hydroxylation sites is 1. The average Bonchev–Trinajstić information content (AvgIpc) is 3.45. The molecule has 4 aromatic rings. The molecule has 1 aromatic carbocycles. The Morgan fingerprint density at radius 1 is 1.30 bits per heavy atom. The van der Waals surface area contributed by atoms with Crippen LogP contribution in [0.4, 0.5) is 5.13 Å². The molecular weight excluding hydrogens is 380 g/mol. The van der Waals surface area contributed by atoms with Gasteiger partial charge in [0.1, 0.15) is 11.3 Å². The molecule has 27 heavy (non-hydrogen) atoms. The highest BCUT2D eigenvalue weighted by Gasteiger charge is 2.22. The van der Waals surface area contributed by atoms with Crippen molar-refractivity contribution in [2.24, 2.45) is 0 Å². The Labute approximate surface area is 164 Å². The van der Waals surface area contributed by atoms with E-state index < -0.39 is 0 Å². The lowest BCUT2D eigenvalue weighted by Crippen LogP contribution is -2.31. The number of hydrogen-bond acceptors (Lipinski definition) is 6. The molecule has 0 aliphatic heterocycles. The van der Waals surface area contributed by atoms with Crippen molar-refractivity contribution in [2.75, 3.05) is 18.6 Å². The Balaban J connectivity index is 1.63. The third kappa shape index (κ3) is 3.72. The Kier molecular flexibility index (Phi) is 5.17. The number of amides is 1. The lowest BCUT2D eigenvalue weighted by Gasteiger charge is -2.19. The van der Waals surface area contributed by atoms with E-state index in [1.54, 1.807) is 24.5 Å². The van der Waals surface area contributed by atoms with Crippen molar-refractivity contribution >= 4 is 43.9 Å². The van der Waals surface area contributed by atoms with Crippen LogP contribution in [0.2, 0.25) is 0 Å². The van der Waals surface area contributed by atoms with Gasteiger partial charge in [0.2, 0.25) is 0 Å². The Morgan fingerprint density at radius 2 is 2.22 bits per heavy atom. The SMILES string of the molecule is COc1cccc2sc(N(CCCn3ccnc3)C(=O)c3cccs3)nc12. The number of nitrogens with zero attached hydrogens (tertiary/aromatic N) is 4. The second-order valence-corrected chi connectivity index (χ2v) is 7.85. The molecule has 0 spiro atoms. The summed E-state index contributed by atoms with van der Waals surface area (Å²) in [5.74, 6) is 0.700. The number of imidazole rings is 1. The maximum Gasteiger partial charge on any atom is 0.270 e. The van der Waals surface area contributed by atoms with Gasteiger partial charge < -0.3 is 9.30 Å². The topological polar surface area (TPSA) is 60.2 Å². The number of thiophene rings is 1. The Bertz CT molecular complexity index is 1030. The summed E-state index contributed by atoms with van der Waals surface area (Å²) in [4.78, 5) is 24.3. The molecule has 0 unspecified atom stereocenters. The smallest absolute Gasteiger partial charge is 0.270 e. The normalized spacial score (nSPS) is 11.0. The van der Waals surface area contributed by atoms with Crippen LogP contribution in [0.3, 0.4) is 0 Å². The number of aryl methyl sites for hydroxylation is 1. The summed E-state index contributed by atoms with van der Waals surface area (Å²) in [5, 5.41) is 2.61. The van der Waals surface area contributed by atoms with Crippen LogP contribution in [0, 0.1) is 0 Å². The van der Waals surface area contributed by atoms with Gasteiger partial charge >= 0.3 is 0 Å². The number of benzene rings is 1. The zero-order valence-corrected chi connectivity index (χ0v) is 16.4. The van der Waals surface area contributed by atoms with E-state index in [9.17, 15) is 4.79 Å². The third-order valence-corrected chi connectivity index (χ3v) is 6.06. The summed E-state index contributed by atoms with van der Waals surface area (Å²) in [7, 11) is 1.63. The summed E-state index contributed by atoms with van der Waals surface area (Å²) >= 11 is 2.95. The molecule has 0 N–H and O–H groups in total. The van der Waals surface area contributed by atoms with Crippen LogP contribution in [0.25, 0.3) is 10.2 Å². The number of thiazole rings is 1. The minimum Gasteiger partial charge on any atom is -0.494 e. The maximum absolute atomic E-state index is 13.1. The van der Waals surface area contributed by atoms with Gasteiger partial charge in [0.25, 0.3) is 5.91 Å². The van der Waals surface area contributed by atoms with Gasteiger partial charge in [-0.15, -0.1) is 11.3 Å². The molecule has 3 aromatic heterocycles. The summed E-state index contributed by atoms with van der Waals surface area (Å²) in [6, 6.07) is 9.56. The van der Waals surface area contributed by atoms with Crippen molar-refractivity contribution in [3.63, 3.8) is 0 Å². The van der Waals surface area contributed by atoms with Crippen molar-refractivity contribution < 1.29 is 9.53 Å². The summed E-state index contributed by atoms with van der Waals surface area (Å²) in [5.41, 5.74) is 0.790. The maximum atomic E-state index is 13.1. The molecule has 0 aliphatic carbocycles. The van der Waals surface area contributed by atoms with Crippen molar-refractivity contribution in [3.05, 3.63) is 59.3 Å². The first-order valence-corrected chi connectivity index (χ1v) is 10.2. The molecule has 6 nitrogen and oxygen atoms in total. The number of methoxy groups -OCH3 is 1. The summed E-state index contributed by atoms with van der Waals surface area (Å²) in [6.07, 6.45) is 6.27. The number of aromatic nitrogens is 3. The quantitative estimate of drug-likeness (QED) is 0.466. The van der Waals surface area contributed by atoms with E-state index >= 15 is 0 Å². The zero-order chi connectivity index (χ0) is 18.6. The average molecular weight is 399 g/mol. The second-order valence-electron chi connectivity index (χ2n) is 5.89. The Morgan fingerprint density at radius 3 is 2.96 bits per heavy atom. The number of ether oxygens (including phenoxy) is 1. The van der Waals surface area contributed by atoms with Gasteiger partial charge in [-0.3, -0.25) is 9.69 Å². The van der Waals surface area contributed by atoms with E-state index in [0.29, 0.717) is 16.6 Å². The van der Waals surface area contributed by atoms with Crippen LogP contribution in [0.5, 0.6) is 5.75 Å². The van der Waals surface area contributed by atoms with Crippen molar-refractivity contribution in [3.8, 4) is 5.75 Å². The number of carbonyl (C=O) groups is 1. The van der Waals surface area contributed by atoms with E-state index in [0.717, 1.165) is 28.9 Å². The van der Waals surface area contributed by atoms with Gasteiger partial charge in [0.15, 0.2) is 5.13 Å². The number of anilines is 1. The van der Waals surface area contributed by atoms with Crippen LogP contribution in [-0.2, 0) is 6.54 Å². The standard InChI is InChI=1S/C19H18N4O2S2/c1-25-14-5-2-6-15-17(14)21-19(27-15)23(18(24)16-7-3-12-26-16)10-4-9-22-11-8-20-13-22/h2-3,5-8,11-13H,4,9-10H2,1H3. The summed E-state index contributed by atoms with van der Waals surface area (Å²) in [6.45, 7) is 1.37. The molecule has 0 saturated carbocycles. The first-order valence-electron chi connectivity index (χ1n) is 8.51. The number of hydrogen-bond donors (Lipinski definition) is 0.